The van der Waals surface area contributed by atoms with Gasteiger partial charge in [0.2, 0.25) is 0 Å². The Balaban J connectivity index is 3.22. The molecule has 0 aliphatic rings. The van der Waals surface area contributed by atoms with E-state index in [2.05, 4.69) is 26.1 Å². The lowest BCUT2D eigenvalue weighted by Crippen LogP contribution is -2.27. The maximum absolute atomic E-state index is 9.07. The molecule has 0 saturated heterocycles. The van der Waals surface area contributed by atoms with E-state index < -0.39 is 0 Å². The van der Waals surface area contributed by atoms with Gasteiger partial charge in [-0.1, -0.05) is 13.8 Å². The molecule has 0 heterocycles. The summed E-state index contributed by atoms with van der Waals surface area (Å²) in [5.74, 6) is 0.803. The van der Waals surface area contributed by atoms with Crippen molar-refractivity contribution in [2.45, 2.75) is 65.5 Å². The van der Waals surface area contributed by atoms with Crippen molar-refractivity contribution in [1.29, 1.82) is 0 Å². The van der Waals surface area contributed by atoms with Crippen LogP contribution in [0.4, 0.5) is 0 Å². The van der Waals surface area contributed by atoms with Crippen molar-refractivity contribution >= 4 is 0 Å². The lowest BCUT2D eigenvalue weighted by Gasteiger charge is -2.15. The Kier molecular flexibility index (Phi) is 8.20. The smallest absolute Gasteiger partial charge is 0.0512 e. The summed E-state index contributed by atoms with van der Waals surface area (Å²) in [6, 6.07) is 0.617. The minimum Gasteiger partial charge on any atom is -0.393 e. The molecule has 2 unspecified atom stereocenters. The summed E-state index contributed by atoms with van der Waals surface area (Å²) in [6.45, 7) is 9.65. The van der Waals surface area contributed by atoms with E-state index >= 15 is 0 Å². The van der Waals surface area contributed by atoms with Crippen LogP contribution in [0, 0.1) is 5.92 Å². The molecule has 0 aromatic carbocycles. The second kappa shape index (κ2) is 8.25. The first kappa shape index (κ1) is 13.9. The third-order valence-corrected chi connectivity index (χ3v) is 2.47. The van der Waals surface area contributed by atoms with Gasteiger partial charge < -0.3 is 10.4 Å². The Bertz CT molecular complexity index is 123. The monoisotopic (exact) mass is 201 g/mol. The summed E-state index contributed by atoms with van der Waals surface area (Å²) in [7, 11) is 0. The molecule has 0 bridgehead atoms. The Morgan fingerprint density at radius 1 is 1.00 bits per heavy atom. The van der Waals surface area contributed by atoms with Gasteiger partial charge in [0, 0.05) is 6.04 Å². The maximum Gasteiger partial charge on any atom is 0.0512 e. The zero-order chi connectivity index (χ0) is 11.0. The molecule has 0 rings (SSSR count). The predicted molar refractivity (Wildman–Crippen MR) is 62.5 cm³/mol. The van der Waals surface area contributed by atoms with Crippen molar-refractivity contribution in [3.05, 3.63) is 0 Å². The fraction of sp³-hybridized carbons (Fsp3) is 1.00. The van der Waals surface area contributed by atoms with Gasteiger partial charge in [-0.05, 0) is 52.0 Å². The van der Waals surface area contributed by atoms with E-state index in [1.807, 2.05) is 6.92 Å². The van der Waals surface area contributed by atoms with Crippen LogP contribution in [0.5, 0.6) is 0 Å². The molecule has 2 atom stereocenters. The first-order chi connectivity index (χ1) is 6.52. The van der Waals surface area contributed by atoms with Gasteiger partial charge in [0.05, 0.1) is 6.10 Å². The number of hydrogen-bond acceptors (Lipinski definition) is 2. The zero-order valence-corrected chi connectivity index (χ0v) is 10.2. The largest absolute Gasteiger partial charge is 0.393 e. The molecule has 0 amide bonds. The zero-order valence-electron chi connectivity index (χ0n) is 10.2. The van der Waals surface area contributed by atoms with Crippen LogP contribution in [0.2, 0.25) is 0 Å². The topological polar surface area (TPSA) is 32.3 Å². The number of aliphatic hydroxyl groups excluding tert-OH is 1. The summed E-state index contributed by atoms with van der Waals surface area (Å²) >= 11 is 0. The average Bonchev–Trinajstić information content (AvgIpc) is 2.08. The molecule has 0 aliphatic carbocycles. The second-order valence-electron chi connectivity index (χ2n) is 4.82. The van der Waals surface area contributed by atoms with Crippen LogP contribution in [0.1, 0.15) is 53.4 Å². The molecular weight excluding hydrogens is 174 g/mol. The fourth-order valence-corrected chi connectivity index (χ4v) is 1.43. The minimum absolute atomic E-state index is 0.150. The molecule has 0 aromatic heterocycles. The SMILES string of the molecule is CC(C)CCC(C)NCCCC(C)O. The van der Waals surface area contributed by atoms with E-state index in [1.54, 1.807) is 0 Å². The van der Waals surface area contributed by atoms with Crippen LogP contribution in [-0.2, 0) is 0 Å². The van der Waals surface area contributed by atoms with Crippen LogP contribution < -0.4 is 5.32 Å². The van der Waals surface area contributed by atoms with Gasteiger partial charge in [0.1, 0.15) is 0 Å². The van der Waals surface area contributed by atoms with Crippen molar-refractivity contribution in [3.8, 4) is 0 Å². The van der Waals surface area contributed by atoms with Gasteiger partial charge in [-0.25, -0.2) is 0 Å². The quantitative estimate of drug-likeness (QED) is 0.592. The predicted octanol–water partition coefficient (Wildman–Crippen LogP) is 2.56. The lowest BCUT2D eigenvalue weighted by atomic mass is 10.0. The Morgan fingerprint density at radius 2 is 1.64 bits per heavy atom. The third-order valence-electron chi connectivity index (χ3n) is 2.47. The highest BCUT2D eigenvalue weighted by Gasteiger charge is 2.02. The summed E-state index contributed by atoms with van der Waals surface area (Å²) in [4.78, 5) is 0. The summed E-state index contributed by atoms with van der Waals surface area (Å²) in [5.41, 5.74) is 0. The number of aliphatic hydroxyl groups is 1. The van der Waals surface area contributed by atoms with Crippen molar-refractivity contribution in [1.82, 2.24) is 5.32 Å². The second-order valence-corrected chi connectivity index (χ2v) is 4.82. The maximum atomic E-state index is 9.07. The van der Waals surface area contributed by atoms with Gasteiger partial charge in [-0.3, -0.25) is 0 Å². The molecular formula is C12H27NO. The number of rotatable bonds is 8. The third kappa shape index (κ3) is 10.0. The van der Waals surface area contributed by atoms with Crippen molar-refractivity contribution in [2.24, 2.45) is 5.92 Å². The standard InChI is InChI=1S/C12H27NO/c1-10(2)7-8-11(3)13-9-5-6-12(4)14/h10-14H,5-9H2,1-4H3. The van der Waals surface area contributed by atoms with Gasteiger partial charge in [-0.15, -0.1) is 0 Å². The van der Waals surface area contributed by atoms with E-state index in [0.717, 1.165) is 25.3 Å². The molecule has 2 N–H and O–H groups in total. The van der Waals surface area contributed by atoms with Crippen LogP contribution in [0.15, 0.2) is 0 Å². The first-order valence-corrected chi connectivity index (χ1v) is 5.93. The van der Waals surface area contributed by atoms with E-state index in [9.17, 15) is 0 Å². The fourth-order valence-electron chi connectivity index (χ4n) is 1.43. The van der Waals surface area contributed by atoms with E-state index in [1.165, 1.54) is 12.8 Å². The first-order valence-electron chi connectivity index (χ1n) is 5.93. The lowest BCUT2D eigenvalue weighted by molar-refractivity contribution is 0.181. The number of hydrogen-bond donors (Lipinski definition) is 2. The molecule has 14 heavy (non-hydrogen) atoms. The van der Waals surface area contributed by atoms with Gasteiger partial charge in [0.25, 0.3) is 0 Å². The Hall–Kier alpha value is -0.0800. The van der Waals surface area contributed by atoms with E-state index in [-0.39, 0.29) is 6.10 Å². The average molecular weight is 201 g/mol. The molecule has 0 spiro atoms. The molecule has 2 heteroatoms. The van der Waals surface area contributed by atoms with Crippen molar-refractivity contribution in [3.63, 3.8) is 0 Å². The minimum atomic E-state index is -0.150. The van der Waals surface area contributed by atoms with Crippen LogP contribution >= 0.6 is 0 Å². The van der Waals surface area contributed by atoms with Crippen molar-refractivity contribution < 1.29 is 5.11 Å². The highest BCUT2D eigenvalue weighted by atomic mass is 16.3. The molecule has 0 fully saturated rings. The van der Waals surface area contributed by atoms with Crippen LogP contribution in [0.3, 0.4) is 0 Å². The van der Waals surface area contributed by atoms with Gasteiger partial charge in [0.15, 0.2) is 0 Å². The van der Waals surface area contributed by atoms with Crippen LogP contribution in [0.25, 0.3) is 0 Å². The highest BCUT2D eigenvalue weighted by molar-refractivity contribution is 4.62. The van der Waals surface area contributed by atoms with E-state index in [0.29, 0.717) is 6.04 Å². The van der Waals surface area contributed by atoms with Crippen molar-refractivity contribution in [2.75, 3.05) is 6.54 Å². The Morgan fingerprint density at radius 3 is 2.14 bits per heavy atom. The molecule has 0 radical (unpaired) electrons. The normalized spacial score (nSPS) is 15.9. The number of nitrogens with one attached hydrogen (secondary N) is 1. The van der Waals surface area contributed by atoms with Crippen LogP contribution in [-0.4, -0.2) is 23.8 Å². The molecule has 2 nitrogen and oxygen atoms in total. The molecule has 0 aliphatic heterocycles. The highest BCUT2D eigenvalue weighted by Crippen LogP contribution is 2.06. The van der Waals surface area contributed by atoms with Gasteiger partial charge >= 0.3 is 0 Å². The molecule has 0 saturated carbocycles. The summed E-state index contributed by atoms with van der Waals surface area (Å²) in [6.07, 6.45) is 4.38. The Labute approximate surface area is 89.1 Å². The molecule has 0 aromatic rings. The van der Waals surface area contributed by atoms with E-state index in [4.69, 9.17) is 5.11 Å². The van der Waals surface area contributed by atoms with Gasteiger partial charge in [-0.2, -0.15) is 0 Å². The summed E-state index contributed by atoms with van der Waals surface area (Å²) in [5, 5.41) is 12.5. The molecule has 86 valence electrons. The summed E-state index contributed by atoms with van der Waals surface area (Å²) < 4.78 is 0.